The molecule has 1 heterocycles. The maximum absolute atomic E-state index is 15.0. The number of fused-ring (bicyclic) bond motifs is 1. The molecule has 0 saturated carbocycles. The van der Waals surface area contributed by atoms with Gasteiger partial charge in [0.1, 0.15) is 17.4 Å². The van der Waals surface area contributed by atoms with Crippen molar-refractivity contribution in [2.24, 2.45) is 0 Å². The van der Waals surface area contributed by atoms with Gasteiger partial charge in [-0.15, -0.1) is 0 Å². The average molecular weight is 403 g/mol. The molecule has 3 aromatic carbocycles. The van der Waals surface area contributed by atoms with Crippen LogP contribution in [0, 0.1) is 18.6 Å². The standard InChI is InChI=1S/C26H23F2NO/c1-3-4-12-30-21-7-5-6-18(14-21)22-10-8-19(15-24(22)28)26-13-17(2)23-16-20(27)9-11-25(23)29-26/h5-11,13-16H,3-4,12H2,1-2H3. The van der Waals surface area contributed by atoms with E-state index in [0.29, 0.717) is 28.9 Å². The Balaban J connectivity index is 1.66. The highest BCUT2D eigenvalue weighted by Gasteiger charge is 2.11. The third kappa shape index (κ3) is 4.18. The third-order valence-corrected chi connectivity index (χ3v) is 5.15. The zero-order chi connectivity index (χ0) is 21.1. The molecule has 0 unspecified atom stereocenters. The number of hydrogen-bond donors (Lipinski definition) is 0. The smallest absolute Gasteiger partial charge is 0.131 e. The first-order chi connectivity index (χ1) is 14.5. The summed E-state index contributed by atoms with van der Waals surface area (Å²) in [6.45, 7) is 4.67. The Bertz CT molecular complexity index is 1200. The molecule has 30 heavy (non-hydrogen) atoms. The lowest BCUT2D eigenvalue weighted by atomic mass is 10.00. The number of ether oxygens (including phenoxy) is 1. The van der Waals surface area contributed by atoms with Crippen molar-refractivity contribution in [1.82, 2.24) is 4.98 Å². The summed E-state index contributed by atoms with van der Waals surface area (Å²) in [6, 6.07) is 19.0. The van der Waals surface area contributed by atoms with Crippen molar-refractivity contribution >= 4 is 10.9 Å². The van der Waals surface area contributed by atoms with Gasteiger partial charge in [0, 0.05) is 16.5 Å². The number of pyridine rings is 1. The van der Waals surface area contributed by atoms with E-state index < -0.39 is 0 Å². The second kappa shape index (κ2) is 8.62. The Morgan fingerprint density at radius 1 is 0.900 bits per heavy atom. The van der Waals surface area contributed by atoms with Crippen LogP contribution in [0.1, 0.15) is 25.3 Å². The van der Waals surface area contributed by atoms with Crippen LogP contribution < -0.4 is 4.74 Å². The molecule has 4 heteroatoms. The Hall–Kier alpha value is -3.27. The molecule has 4 aromatic rings. The summed E-state index contributed by atoms with van der Waals surface area (Å²) in [4.78, 5) is 4.59. The van der Waals surface area contributed by atoms with Crippen molar-refractivity contribution in [3.05, 3.63) is 83.9 Å². The molecular formula is C26H23F2NO. The monoisotopic (exact) mass is 403 g/mol. The van der Waals surface area contributed by atoms with Crippen molar-refractivity contribution in [3.63, 3.8) is 0 Å². The predicted molar refractivity (Wildman–Crippen MR) is 118 cm³/mol. The molecule has 0 N–H and O–H groups in total. The highest BCUT2D eigenvalue weighted by atomic mass is 19.1. The van der Waals surface area contributed by atoms with E-state index in [4.69, 9.17) is 4.74 Å². The fourth-order valence-electron chi connectivity index (χ4n) is 3.51. The molecule has 0 saturated heterocycles. The summed E-state index contributed by atoms with van der Waals surface area (Å²) in [5.41, 5.74) is 4.21. The third-order valence-electron chi connectivity index (χ3n) is 5.15. The van der Waals surface area contributed by atoms with Crippen LogP contribution in [0.2, 0.25) is 0 Å². The molecule has 0 aliphatic carbocycles. The lowest BCUT2D eigenvalue weighted by molar-refractivity contribution is 0.309. The largest absolute Gasteiger partial charge is 0.494 e. The normalized spacial score (nSPS) is 11.1. The van der Waals surface area contributed by atoms with Crippen LogP contribution in [-0.2, 0) is 0 Å². The van der Waals surface area contributed by atoms with Gasteiger partial charge in [-0.1, -0.05) is 37.6 Å². The topological polar surface area (TPSA) is 22.1 Å². The maximum Gasteiger partial charge on any atom is 0.131 e. The first kappa shape index (κ1) is 20.0. The Kier molecular flexibility index (Phi) is 5.75. The van der Waals surface area contributed by atoms with E-state index in [1.807, 2.05) is 43.3 Å². The Morgan fingerprint density at radius 3 is 2.57 bits per heavy atom. The minimum absolute atomic E-state index is 0.295. The lowest BCUT2D eigenvalue weighted by Crippen LogP contribution is -1.96. The molecule has 152 valence electrons. The summed E-state index contributed by atoms with van der Waals surface area (Å²) in [5.74, 6) is 0.122. The quantitative estimate of drug-likeness (QED) is 0.314. The molecule has 0 fully saturated rings. The van der Waals surface area contributed by atoms with Gasteiger partial charge in [-0.05, 0) is 66.9 Å². The fraction of sp³-hybridized carbons (Fsp3) is 0.192. The van der Waals surface area contributed by atoms with Crippen LogP contribution in [0.15, 0.2) is 66.7 Å². The van der Waals surface area contributed by atoms with E-state index in [-0.39, 0.29) is 11.6 Å². The highest BCUT2D eigenvalue weighted by molar-refractivity contribution is 5.85. The molecule has 0 atom stereocenters. The SMILES string of the molecule is CCCCOc1cccc(-c2ccc(-c3cc(C)c4cc(F)ccc4n3)cc2F)c1. The number of nitrogens with zero attached hydrogens (tertiary/aromatic N) is 1. The summed E-state index contributed by atoms with van der Waals surface area (Å²) in [6.07, 6.45) is 2.05. The number of halogens is 2. The first-order valence-corrected chi connectivity index (χ1v) is 10.1. The number of benzene rings is 3. The first-order valence-electron chi connectivity index (χ1n) is 10.1. The molecular weight excluding hydrogens is 380 g/mol. The molecule has 0 aliphatic rings. The fourth-order valence-corrected chi connectivity index (χ4v) is 3.51. The van der Waals surface area contributed by atoms with E-state index in [2.05, 4.69) is 11.9 Å². The minimum atomic E-state index is -0.322. The van der Waals surface area contributed by atoms with Crippen LogP contribution in [0.5, 0.6) is 5.75 Å². The van der Waals surface area contributed by atoms with Crippen LogP contribution in [0.3, 0.4) is 0 Å². The zero-order valence-corrected chi connectivity index (χ0v) is 17.1. The van der Waals surface area contributed by atoms with Gasteiger partial charge < -0.3 is 4.74 Å². The summed E-state index contributed by atoms with van der Waals surface area (Å²) in [5, 5.41) is 0.760. The van der Waals surface area contributed by atoms with Gasteiger partial charge in [-0.25, -0.2) is 13.8 Å². The van der Waals surface area contributed by atoms with Gasteiger partial charge in [0.2, 0.25) is 0 Å². The van der Waals surface area contributed by atoms with Crippen molar-refractivity contribution < 1.29 is 13.5 Å². The Labute approximate surface area is 175 Å². The van der Waals surface area contributed by atoms with Gasteiger partial charge in [-0.3, -0.25) is 0 Å². The van der Waals surface area contributed by atoms with Crippen LogP contribution in [0.4, 0.5) is 8.78 Å². The Morgan fingerprint density at radius 2 is 1.77 bits per heavy atom. The van der Waals surface area contributed by atoms with E-state index >= 15 is 4.39 Å². The number of aryl methyl sites for hydroxylation is 1. The molecule has 0 aliphatic heterocycles. The number of rotatable bonds is 6. The second-order valence-electron chi connectivity index (χ2n) is 7.41. The highest BCUT2D eigenvalue weighted by Crippen LogP contribution is 2.31. The van der Waals surface area contributed by atoms with Gasteiger partial charge >= 0.3 is 0 Å². The number of unbranched alkanes of at least 4 members (excludes halogenated alkanes) is 1. The van der Waals surface area contributed by atoms with Crippen molar-refractivity contribution in [2.45, 2.75) is 26.7 Å². The van der Waals surface area contributed by atoms with Gasteiger partial charge in [0.15, 0.2) is 0 Å². The lowest BCUT2D eigenvalue weighted by Gasteiger charge is -2.11. The average Bonchev–Trinajstić information content (AvgIpc) is 2.74. The maximum atomic E-state index is 15.0. The van der Waals surface area contributed by atoms with Crippen LogP contribution in [-0.4, -0.2) is 11.6 Å². The molecule has 2 nitrogen and oxygen atoms in total. The molecule has 0 amide bonds. The van der Waals surface area contributed by atoms with Crippen LogP contribution in [0.25, 0.3) is 33.3 Å². The summed E-state index contributed by atoms with van der Waals surface area (Å²) < 4.78 is 34.3. The number of aromatic nitrogens is 1. The molecule has 0 spiro atoms. The number of hydrogen-bond acceptors (Lipinski definition) is 2. The summed E-state index contributed by atoms with van der Waals surface area (Å²) >= 11 is 0. The minimum Gasteiger partial charge on any atom is -0.494 e. The molecule has 0 bridgehead atoms. The van der Waals surface area contributed by atoms with E-state index in [9.17, 15) is 4.39 Å². The van der Waals surface area contributed by atoms with Gasteiger partial charge in [0.05, 0.1) is 17.8 Å². The predicted octanol–water partition coefficient (Wildman–Crippen LogP) is 7.33. The second-order valence-corrected chi connectivity index (χ2v) is 7.41. The van der Waals surface area contributed by atoms with Crippen LogP contribution >= 0.6 is 0 Å². The van der Waals surface area contributed by atoms with E-state index in [1.165, 1.54) is 18.2 Å². The van der Waals surface area contributed by atoms with E-state index in [0.717, 1.165) is 35.1 Å². The van der Waals surface area contributed by atoms with Crippen molar-refractivity contribution in [2.75, 3.05) is 6.61 Å². The van der Waals surface area contributed by atoms with Gasteiger partial charge in [0.25, 0.3) is 0 Å². The van der Waals surface area contributed by atoms with Gasteiger partial charge in [-0.2, -0.15) is 0 Å². The molecule has 1 aromatic heterocycles. The van der Waals surface area contributed by atoms with Crippen molar-refractivity contribution in [1.29, 1.82) is 0 Å². The summed E-state index contributed by atoms with van der Waals surface area (Å²) in [7, 11) is 0. The molecule has 0 radical (unpaired) electrons. The molecule has 4 rings (SSSR count). The van der Waals surface area contributed by atoms with E-state index in [1.54, 1.807) is 12.1 Å². The zero-order valence-electron chi connectivity index (χ0n) is 17.1. The van der Waals surface area contributed by atoms with Crippen molar-refractivity contribution in [3.8, 4) is 28.1 Å².